The second-order valence-corrected chi connectivity index (χ2v) is 10.6. The van der Waals surface area contributed by atoms with Crippen LogP contribution in [0.2, 0.25) is 0 Å². The van der Waals surface area contributed by atoms with Gasteiger partial charge in [0, 0.05) is 15.4 Å². The molecule has 3 nitrogen and oxygen atoms in total. The molecule has 0 atom stereocenters. The number of aromatic hydroxyl groups is 1. The SMILES string of the molecule is C.CC(C)(C)c1cc(N=Nc2ccccc2Sc2ccccc2)c(O)c(C(C)(C)C)c1. The molecule has 0 saturated heterocycles. The van der Waals surface area contributed by atoms with Crippen LogP contribution in [0.15, 0.2) is 86.7 Å². The highest BCUT2D eigenvalue weighted by Gasteiger charge is 2.25. The maximum atomic E-state index is 10.9. The third kappa shape index (κ3) is 6.20. The van der Waals surface area contributed by atoms with E-state index < -0.39 is 0 Å². The van der Waals surface area contributed by atoms with Crippen LogP contribution in [0.3, 0.4) is 0 Å². The van der Waals surface area contributed by atoms with Crippen molar-refractivity contribution in [2.24, 2.45) is 10.2 Å². The Morgan fingerprint density at radius 1 is 0.710 bits per heavy atom. The quantitative estimate of drug-likeness (QED) is 0.416. The van der Waals surface area contributed by atoms with Gasteiger partial charge in [-0.1, -0.05) is 97.1 Å². The fourth-order valence-electron chi connectivity index (χ4n) is 3.05. The highest BCUT2D eigenvalue weighted by molar-refractivity contribution is 7.99. The van der Waals surface area contributed by atoms with Gasteiger partial charge in [-0.2, -0.15) is 0 Å². The molecule has 3 aromatic rings. The summed E-state index contributed by atoms with van der Waals surface area (Å²) in [7, 11) is 0. The molecule has 0 saturated carbocycles. The van der Waals surface area contributed by atoms with Crippen LogP contribution in [0, 0.1) is 0 Å². The Balaban J connectivity index is 0.00000341. The molecule has 0 aliphatic heterocycles. The standard InChI is InChI=1S/C26H30N2OS.CH4/c1-25(2,3)18-16-20(26(4,5)6)24(29)22(17-18)28-27-21-14-10-11-15-23(21)30-19-12-8-7-9-13-19;/h7-17,29H,1-6H3;1H4. The van der Waals surface area contributed by atoms with E-state index in [1.165, 1.54) is 0 Å². The third-order valence-electron chi connectivity index (χ3n) is 4.87. The minimum atomic E-state index is -0.198. The predicted octanol–water partition coefficient (Wildman–Crippen LogP) is 9.19. The first-order valence-corrected chi connectivity index (χ1v) is 11.0. The van der Waals surface area contributed by atoms with Crippen LogP contribution in [0.25, 0.3) is 0 Å². The fourth-order valence-corrected chi connectivity index (χ4v) is 3.96. The van der Waals surface area contributed by atoms with Crippen LogP contribution in [0.1, 0.15) is 60.1 Å². The van der Waals surface area contributed by atoms with Crippen molar-refractivity contribution in [3.8, 4) is 5.75 Å². The largest absolute Gasteiger partial charge is 0.505 e. The Bertz CT molecular complexity index is 1050. The molecule has 4 heteroatoms. The smallest absolute Gasteiger partial charge is 0.146 e. The van der Waals surface area contributed by atoms with Gasteiger partial charge in [-0.15, -0.1) is 10.2 Å². The molecule has 1 N–H and O–H groups in total. The van der Waals surface area contributed by atoms with Crippen molar-refractivity contribution >= 4 is 23.1 Å². The van der Waals surface area contributed by atoms with Gasteiger partial charge in [0.1, 0.15) is 11.4 Å². The second-order valence-electron chi connectivity index (χ2n) is 9.47. The van der Waals surface area contributed by atoms with Crippen LogP contribution < -0.4 is 0 Å². The van der Waals surface area contributed by atoms with Crippen LogP contribution in [0.5, 0.6) is 5.75 Å². The lowest BCUT2D eigenvalue weighted by Gasteiger charge is -2.26. The van der Waals surface area contributed by atoms with E-state index in [-0.39, 0.29) is 24.0 Å². The molecule has 0 radical (unpaired) electrons. The number of hydrogen-bond acceptors (Lipinski definition) is 4. The zero-order chi connectivity index (χ0) is 21.9. The normalized spacial score (nSPS) is 12.1. The zero-order valence-corrected chi connectivity index (χ0v) is 19.4. The van der Waals surface area contributed by atoms with E-state index in [1.54, 1.807) is 11.8 Å². The van der Waals surface area contributed by atoms with Gasteiger partial charge in [0.05, 0.1) is 5.69 Å². The van der Waals surface area contributed by atoms with Gasteiger partial charge >= 0.3 is 0 Å². The van der Waals surface area contributed by atoms with Gasteiger partial charge in [0.25, 0.3) is 0 Å². The Labute approximate surface area is 191 Å². The van der Waals surface area contributed by atoms with Gasteiger partial charge in [-0.05, 0) is 46.7 Å². The minimum absolute atomic E-state index is 0. The van der Waals surface area contributed by atoms with E-state index in [4.69, 9.17) is 0 Å². The summed E-state index contributed by atoms with van der Waals surface area (Å²) in [4.78, 5) is 2.17. The van der Waals surface area contributed by atoms with Crippen molar-refractivity contribution in [3.05, 3.63) is 77.9 Å². The van der Waals surface area contributed by atoms with E-state index in [2.05, 4.69) is 70.0 Å². The molecule has 0 heterocycles. The van der Waals surface area contributed by atoms with Gasteiger partial charge in [0.15, 0.2) is 0 Å². The van der Waals surface area contributed by atoms with Crippen molar-refractivity contribution < 1.29 is 5.11 Å². The monoisotopic (exact) mass is 434 g/mol. The molecule has 0 bridgehead atoms. The number of azo groups is 1. The molecule has 0 aliphatic carbocycles. The molecule has 3 aromatic carbocycles. The minimum Gasteiger partial charge on any atom is -0.505 e. The van der Waals surface area contributed by atoms with E-state index >= 15 is 0 Å². The van der Waals surface area contributed by atoms with Crippen molar-refractivity contribution in [3.63, 3.8) is 0 Å². The highest BCUT2D eigenvalue weighted by Crippen LogP contribution is 2.43. The first-order chi connectivity index (χ1) is 14.1. The van der Waals surface area contributed by atoms with Crippen molar-refractivity contribution in [2.75, 3.05) is 0 Å². The van der Waals surface area contributed by atoms with Gasteiger partial charge in [-0.25, -0.2) is 0 Å². The number of phenolic OH excluding ortho intramolecular Hbond substituents is 1. The van der Waals surface area contributed by atoms with Gasteiger partial charge in [-0.3, -0.25) is 0 Å². The number of phenols is 1. The number of benzene rings is 3. The van der Waals surface area contributed by atoms with E-state index in [0.29, 0.717) is 5.69 Å². The average molecular weight is 435 g/mol. The third-order valence-corrected chi connectivity index (χ3v) is 5.94. The zero-order valence-electron chi connectivity index (χ0n) is 18.6. The summed E-state index contributed by atoms with van der Waals surface area (Å²) >= 11 is 1.65. The Morgan fingerprint density at radius 3 is 1.90 bits per heavy atom. The summed E-state index contributed by atoms with van der Waals surface area (Å²) < 4.78 is 0. The van der Waals surface area contributed by atoms with Crippen LogP contribution >= 0.6 is 11.8 Å². The maximum absolute atomic E-state index is 10.9. The molecule has 0 fully saturated rings. The number of rotatable bonds is 4. The predicted molar refractivity (Wildman–Crippen MR) is 133 cm³/mol. The highest BCUT2D eigenvalue weighted by atomic mass is 32.2. The summed E-state index contributed by atoms with van der Waals surface area (Å²) in [6.45, 7) is 12.8. The van der Waals surface area contributed by atoms with Gasteiger partial charge in [0.2, 0.25) is 0 Å². The van der Waals surface area contributed by atoms with Crippen molar-refractivity contribution in [1.29, 1.82) is 0 Å². The fraction of sp³-hybridized carbons (Fsp3) is 0.333. The van der Waals surface area contributed by atoms with Crippen LogP contribution in [-0.4, -0.2) is 5.11 Å². The van der Waals surface area contributed by atoms with E-state index in [9.17, 15) is 5.11 Å². The summed E-state index contributed by atoms with van der Waals surface area (Å²) in [5.41, 5.74) is 3.05. The molecular weight excluding hydrogens is 400 g/mol. The summed E-state index contributed by atoms with van der Waals surface area (Å²) in [6, 6.07) is 22.2. The molecule has 0 unspecified atom stereocenters. The van der Waals surface area contributed by atoms with E-state index in [0.717, 1.165) is 26.6 Å². The summed E-state index contributed by atoms with van der Waals surface area (Å²) in [5, 5.41) is 20.0. The lowest BCUT2D eigenvalue weighted by Crippen LogP contribution is -2.16. The average Bonchev–Trinajstić information content (AvgIpc) is 2.67. The molecule has 31 heavy (non-hydrogen) atoms. The Kier molecular flexibility index (Phi) is 7.72. The van der Waals surface area contributed by atoms with Crippen molar-refractivity contribution in [2.45, 2.75) is 69.6 Å². The van der Waals surface area contributed by atoms with Gasteiger partial charge < -0.3 is 5.11 Å². The van der Waals surface area contributed by atoms with Crippen LogP contribution in [-0.2, 0) is 10.8 Å². The lowest BCUT2D eigenvalue weighted by atomic mass is 9.80. The molecule has 164 valence electrons. The lowest BCUT2D eigenvalue weighted by molar-refractivity contribution is 0.446. The molecular formula is C27H34N2OS. The first-order valence-electron chi connectivity index (χ1n) is 10.2. The topological polar surface area (TPSA) is 45.0 Å². The summed E-state index contributed by atoms with van der Waals surface area (Å²) in [6.07, 6.45) is 0. The molecule has 0 aliphatic rings. The maximum Gasteiger partial charge on any atom is 0.146 e. The number of nitrogens with zero attached hydrogens (tertiary/aromatic N) is 2. The molecule has 0 amide bonds. The second kappa shape index (κ2) is 9.69. The molecule has 0 aromatic heterocycles. The Hall–Kier alpha value is -2.59. The van der Waals surface area contributed by atoms with E-state index in [1.807, 2.05) is 48.5 Å². The molecule has 0 spiro atoms. The van der Waals surface area contributed by atoms with Crippen molar-refractivity contribution in [1.82, 2.24) is 0 Å². The van der Waals surface area contributed by atoms with Crippen LogP contribution in [0.4, 0.5) is 11.4 Å². The Morgan fingerprint density at radius 2 is 1.29 bits per heavy atom. The number of hydrogen-bond donors (Lipinski definition) is 1. The first kappa shape index (κ1) is 24.7. The summed E-state index contributed by atoms with van der Waals surface area (Å²) in [5.74, 6) is 0.201. The molecule has 3 rings (SSSR count).